The van der Waals surface area contributed by atoms with Crippen LogP contribution in [-0.2, 0) is 11.8 Å². The second-order valence-electron chi connectivity index (χ2n) is 4.46. The van der Waals surface area contributed by atoms with Crippen molar-refractivity contribution < 1.29 is 10.2 Å². The number of thiophene rings is 1. The maximum Gasteiger partial charge on any atom is 0.0931 e. The molecule has 0 spiro atoms. The summed E-state index contributed by atoms with van der Waals surface area (Å²) in [6.07, 6.45) is 0.556. The first-order valence-corrected chi connectivity index (χ1v) is 7.81. The number of halogens is 2. The zero-order chi connectivity index (χ0) is 13.9. The van der Waals surface area contributed by atoms with Crippen molar-refractivity contribution >= 4 is 38.9 Å². The van der Waals surface area contributed by atoms with Crippen molar-refractivity contribution in [1.29, 1.82) is 0 Å². The third kappa shape index (κ3) is 3.20. The lowest BCUT2D eigenvalue weighted by atomic mass is 9.78. The third-order valence-electron chi connectivity index (χ3n) is 3.19. The maximum atomic E-state index is 9.81. The Balaban J connectivity index is 2.40. The highest BCUT2D eigenvalue weighted by Gasteiger charge is 2.33. The summed E-state index contributed by atoms with van der Waals surface area (Å²) in [4.78, 5) is 1.05. The second-order valence-corrected chi connectivity index (χ2v) is 7.11. The smallest absolute Gasteiger partial charge is 0.0931 e. The van der Waals surface area contributed by atoms with Crippen LogP contribution < -0.4 is 0 Å². The Kier molecular flexibility index (Phi) is 5.03. The van der Waals surface area contributed by atoms with Gasteiger partial charge in [-0.25, -0.2) is 0 Å². The van der Waals surface area contributed by atoms with Crippen LogP contribution in [0.15, 0.2) is 40.9 Å². The lowest BCUT2D eigenvalue weighted by Crippen LogP contribution is -2.37. The van der Waals surface area contributed by atoms with E-state index in [1.54, 1.807) is 0 Å². The highest BCUT2D eigenvalue weighted by atomic mass is 79.9. The molecular weight excluding hydrogens is 348 g/mol. The van der Waals surface area contributed by atoms with E-state index >= 15 is 0 Å². The summed E-state index contributed by atoms with van der Waals surface area (Å²) in [6.45, 7) is -0.247. The minimum atomic E-state index is -0.700. The lowest BCUT2D eigenvalue weighted by Gasteiger charge is -2.31. The summed E-state index contributed by atoms with van der Waals surface area (Å²) >= 11 is 10.9. The van der Waals surface area contributed by atoms with Gasteiger partial charge in [0, 0.05) is 14.8 Å². The molecule has 0 fully saturated rings. The normalized spacial score (nSPS) is 11.8. The molecule has 2 nitrogen and oxygen atoms in total. The van der Waals surface area contributed by atoms with Crippen LogP contribution in [0, 0.1) is 0 Å². The first kappa shape index (κ1) is 15.0. The molecule has 0 saturated carbocycles. The van der Waals surface area contributed by atoms with Crippen molar-refractivity contribution in [2.45, 2.75) is 11.8 Å². The summed E-state index contributed by atoms with van der Waals surface area (Å²) in [7, 11) is 0. The van der Waals surface area contributed by atoms with Crippen molar-refractivity contribution in [1.82, 2.24) is 0 Å². The molecule has 0 radical (unpaired) electrons. The highest BCUT2D eigenvalue weighted by molar-refractivity contribution is 9.10. The number of benzene rings is 1. The van der Waals surface area contributed by atoms with Crippen molar-refractivity contribution in [2.24, 2.45) is 0 Å². The lowest BCUT2D eigenvalue weighted by molar-refractivity contribution is 0.116. The Morgan fingerprint density at radius 2 is 1.79 bits per heavy atom. The average Bonchev–Trinajstić information content (AvgIpc) is 2.82. The van der Waals surface area contributed by atoms with E-state index in [0.29, 0.717) is 10.8 Å². The highest BCUT2D eigenvalue weighted by Crippen LogP contribution is 2.35. The molecule has 102 valence electrons. The van der Waals surface area contributed by atoms with Crippen LogP contribution in [0.25, 0.3) is 0 Å². The van der Waals surface area contributed by atoms with Crippen LogP contribution in [0.2, 0.25) is 4.34 Å². The number of hydrogen-bond acceptors (Lipinski definition) is 3. The maximum absolute atomic E-state index is 9.81. The molecule has 1 aromatic carbocycles. The van der Waals surface area contributed by atoms with Gasteiger partial charge < -0.3 is 10.2 Å². The minimum absolute atomic E-state index is 0.123. The number of hydrogen-bond donors (Lipinski definition) is 2. The van der Waals surface area contributed by atoms with Crippen LogP contribution in [0.3, 0.4) is 0 Å². The predicted molar refractivity (Wildman–Crippen MR) is 83.0 cm³/mol. The quantitative estimate of drug-likeness (QED) is 0.854. The zero-order valence-electron chi connectivity index (χ0n) is 10.1. The van der Waals surface area contributed by atoms with Gasteiger partial charge in [-0.2, -0.15) is 0 Å². The molecule has 5 heteroatoms. The van der Waals surface area contributed by atoms with Gasteiger partial charge in [-0.15, -0.1) is 11.3 Å². The Hall–Kier alpha value is -0.390. The van der Waals surface area contributed by atoms with E-state index in [4.69, 9.17) is 11.6 Å². The topological polar surface area (TPSA) is 40.5 Å². The average molecular weight is 362 g/mol. The fourth-order valence-electron chi connectivity index (χ4n) is 2.10. The molecule has 0 atom stereocenters. The SMILES string of the molecule is OCC(CO)(Cc1ccc(Cl)s1)c1ccccc1Br. The van der Waals surface area contributed by atoms with E-state index in [9.17, 15) is 10.2 Å². The molecular formula is C14H14BrClO2S. The standard InChI is InChI=1S/C14H14BrClO2S/c15-12-4-2-1-3-11(12)14(8-17,9-18)7-10-5-6-13(16)19-10/h1-6,17-18H,7-9H2. The Labute approximate surface area is 129 Å². The number of aliphatic hydroxyl groups excluding tert-OH is 2. The van der Waals surface area contributed by atoms with Gasteiger partial charge in [0.1, 0.15) is 0 Å². The first-order valence-electron chi connectivity index (χ1n) is 5.82. The van der Waals surface area contributed by atoms with E-state index in [0.717, 1.165) is 14.9 Å². The van der Waals surface area contributed by atoms with Crippen molar-refractivity contribution in [3.63, 3.8) is 0 Å². The van der Waals surface area contributed by atoms with E-state index in [1.165, 1.54) is 11.3 Å². The molecule has 0 bridgehead atoms. The van der Waals surface area contributed by atoms with Gasteiger partial charge in [0.25, 0.3) is 0 Å². The van der Waals surface area contributed by atoms with Crippen LogP contribution in [0.5, 0.6) is 0 Å². The van der Waals surface area contributed by atoms with Crippen molar-refractivity contribution in [3.05, 3.63) is 55.6 Å². The molecule has 1 heterocycles. The molecule has 0 aliphatic carbocycles. The summed E-state index contributed by atoms with van der Waals surface area (Å²) in [5, 5.41) is 19.6. The molecule has 0 saturated heterocycles. The Morgan fingerprint density at radius 3 is 2.32 bits per heavy atom. The first-order chi connectivity index (χ1) is 9.11. The summed E-state index contributed by atoms with van der Waals surface area (Å²) in [5.41, 5.74) is 0.207. The zero-order valence-corrected chi connectivity index (χ0v) is 13.3. The molecule has 0 aliphatic rings. The van der Waals surface area contributed by atoms with Crippen molar-refractivity contribution in [3.8, 4) is 0 Å². The van der Waals surface area contributed by atoms with E-state index in [-0.39, 0.29) is 13.2 Å². The second kappa shape index (κ2) is 6.37. The molecule has 0 aliphatic heterocycles. The van der Waals surface area contributed by atoms with Gasteiger partial charge in [-0.1, -0.05) is 45.7 Å². The van der Waals surface area contributed by atoms with E-state index < -0.39 is 5.41 Å². The van der Waals surface area contributed by atoms with Gasteiger partial charge in [0.2, 0.25) is 0 Å². The molecule has 19 heavy (non-hydrogen) atoms. The fraction of sp³-hybridized carbons (Fsp3) is 0.286. The molecule has 0 amide bonds. The van der Waals surface area contributed by atoms with Gasteiger partial charge in [-0.05, 0) is 30.2 Å². The van der Waals surface area contributed by atoms with E-state index in [2.05, 4.69) is 15.9 Å². The summed E-state index contributed by atoms with van der Waals surface area (Å²) in [6, 6.07) is 11.4. The molecule has 1 aromatic heterocycles. The predicted octanol–water partition coefficient (Wildman–Crippen LogP) is 3.63. The molecule has 2 N–H and O–H groups in total. The fourth-order valence-corrected chi connectivity index (χ4v) is 4.04. The van der Waals surface area contributed by atoms with Gasteiger partial charge >= 0.3 is 0 Å². The summed E-state index contributed by atoms with van der Waals surface area (Å²) in [5.74, 6) is 0. The van der Waals surface area contributed by atoms with Crippen LogP contribution in [-0.4, -0.2) is 23.4 Å². The largest absolute Gasteiger partial charge is 0.395 e. The summed E-state index contributed by atoms with van der Waals surface area (Å²) < 4.78 is 1.60. The molecule has 0 unspecified atom stereocenters. The van der Waals surface area contributed by atoms with Crippen LogP contribution >= 0.6 is 38.9 Å². The number of rotatable bonds is 5. The van der Waals surface area contributed by atoms with Gasteiger partial charge in [-0.3, -0.25) is 0 Å². The third-order valence-corrected chi connectivity index (χ3v) is 5.11. The van der Waals surface area contributed by atoms with Gasteiger partial charge in [0.05, 0.1) is 17.6 Å². The van der Waals surface area contributed by atoms with E-state index in [1.807, 2.05) is 36.4 Å². The van der Waals surface area contributed by atoms with Crippen molar-refractivity contribution in [2.75, 3.05) is 13.2 Å². The Bertz CT molecular complexity index is 552. The van der Waals surface area contributed by atoms with Gasteiger partial charge in [0.15, 0.2) is 0 Å². The van der Waals surface area contributed by atoms with Crippen LogP contribution in [0.4, 0.5) is 0 Å². The molecule has 2 rings (SSSR count). The van der Waals surface area contributed by atoms with Crippen LogP contribution in [0.1, 0.15) is 10.4 Å². The Morgan fingerprint density at radius 1 is 1.11 bits per heavy atom. The molecule has 2 aromatic rings. The number of aliphatic hydroxyl groups is 2. The minimum Gasteiger partial charge on any atom is -0.395 e. The monoisotopic (exact) mass is 360 g/mol.